The molecule has 4 heterocycles. The summed E-state index contributed by atoms with van der Waals surface area (Å²) in [6.45, 7) is 5.03. The molecule has 0 radical (unpaired) electrons. The van der Waals surface area contributed by atoms with Gasteiger partial charge in [-0.2, -0.15) is 5.10 Å². The van der Waals surface area contributed by atoms with E-state index in [1.54, 1.807) is 17.4 Å². The quantitative estimate of drug-likeness (QED) is 0.914. The van der Waals surface area contributed by atoms with E-state index in [1.165, 1.54) is 0 Å². The molecule has 8 heteroatoms. The normalized spacial score (nSPS) is 23.2. The van der Waals surface area contributed by atoms with Gasteiger partial charge in [0.15, 0.2) is 0 Å². The Morgan fingerprint density at radius 1 is 1.42 bits per heavy atom. The molecule has 2 amide bonds. The molecule has 0 bridgehead atoms. The molecule has 2 fully saturated rings. The monoisotopic (exact) mass is 345 g/mol. The van der Waals surface area contributed by atoms with E-state index < -0.39 is 0 Å². The van der Waals surface area contributed by atoms with Crippen molar-refractivity contribution in [2.45, 2.75) is 45.3 Å². The van der Waals surface area contributed by atoms with Crippen molar-refractivity contribution in [3.05, 3.63) is 33.5 Å². The van der Waals surface area contributed by atoms with E-state index in [2.05, 4.69) is 15.2 Å². The highest BCUT2D eigenvalue weighted by Crippen LogP contribution is 2.34. The van der Waals surface area contributed by atoms with Crippen LogP contribution in [0.5, 0.6) is 0 Å². The Bertz CT molecular complexity index is 798. The summed E-state index contributed by atoms with van der Waals surface area (Å²) in [6, 6.07) is 1.78. The summed E-state index contributed by atoms with van der Waals surface area (Å²) < 4.78 is 0. The maximum atomic E-state index is 12.7. The zero-order valence-corrected chi connectivity index (χ0v) is 14.5. The van der Waals surface area contributed by atoms with E-state index in [1.807, 2.05) is 29.0 Å². The van der Waals surface area contributed by atoms with Gasteiger partial charge in [0.05, 0.1) is 29.3 Å². The minimum absolute atomic E-state index is 0.0539. The van der Waals surface area contributed by atoms with E-state index >= 15 is 0 Å². The van der Waals surface area contributed by atoms with Gasteiger partial charge >= 0.3 is 0 Å². The van der Waals surface area contributed by atoms with Gasteiger partial charge in [0.1, 0.15) is 5.69 Å². The van der Waals surface area contributed by atoms with Crippen LogP contribution in [-0.4, -0.2) is 55.4 Å². The molecule has 2 aliphatic heterocycles. The van der Waals surface area contributed by atoms with Crippen molar-refractivity contribution in [2.24, 2.45) is 0 Å². The maximum absolute atomic E-state index is 12.7. The van der Waals surface area contributed by atoms with Crippen LogP contribution in [0.1, 0.15) is 39.7 Å². The summed E-state index contributed by atoms with van der Waals surface area (Å²) in [5, 5.41) is 9.87. The van der Waals surface area contributed by atoms with Crippen molar-refractivity contribution in [3.8, 4) is 0 Å². The number of aryl methyl sites for hydroxylation is 2. The third-order valence-corrected chi connectivity index (χ3v) is 5.62. The lowest BCUT2D eigenvalue weighted by atomic mass is 10.1. The molecular weight excluding hydrogens is 326 g/mol. The fourth-order valence-electron chi connectivity index (χ4n) is 3.72. The Labute approximate surface area is 143 Å². The number of rotatable bonds is 3. The van der Waals surface area contributed by atoms with Crippen LogP contribution in [0.2, 0.25) is 0 Å². The topological polar surface area (TPSA) is 82.2 Å². The summed E-state index contributed by atoms with van der Waals surface area (Å²) in [4.78, 5) is 33.3. The highest BCUT2D eigenvalue weighted by atomic mass is 32.1. The summed E-state index contributed by atoms with van der Waals surface area (Å²) in [5.74, 6) is 0.0114. The lowest BCUT2D eigenvalue weighted by molar-refractivity contribution is -0.129. The second-order valence-electron chi connectivity index (χ2n) is 6.44. The number of fused-ring (bicyclic) bond motifs is 1. The molecule has 126 valence electrons. The molecule has 7 nitrogen and oxygen atoms in total. The first-order chi connectivity index (χ1) is 11.5. The van der Waals surface area contributed by atoms with Crippen LogP contribution in [0.4, 0.5) is 0 Å². The van der Waals surface area contributed by atoms with Crippen molar-refractivity contribution in [2.75, 3.05) is 6.54 Å². The van der Waals surface area contributed by atoms with Crippen LogP contribution in [-0.2, 0) is 11.3 Å². The standard InChI is InChI=1S/C16H19N5O2S/c1-9-5-12(19-18-9)16(23)20-4-3-13-14(20)6-15(22)21(13)7-11-8-24-10(2)17-11/h5,8,13-14H,3-4,6-7H2,1-2H3,(H,18,19). The summed E-state index contributed by atoms with van der Waals surface area (Å²) in [6.07, 6.45) is 1.21. The second-order valence-corrected chi connectivity index (χ2v) is 7.50. The number of aromatic nitrogens is 3. The molecule has 2 unspecified atom stereocenters. The molecule has 2 aliphatic rings. The number of likely N-dealkylation sites (tertiary alicyclic amines) is 2. The number of nitrogens with one attached hydrogen (secondary N) is 1. The zero-order chi connectivity index (χ0) is 16.8. The number of hydrogen-bond donors (Lipinski definition) is 1. The van der Waals surface area contributed by atoms with Gasteiger partial charge in [0.2, 0.25) is 5.91 Å². The van der Waals surface area contributed by atoms with E-state index in [4.69, 9.17) is 0 Å². The van der Waals surface area contributed by atoms with Crippen molar-refractivity contribution in [1.29, 1.82) is 0 Å². The number of thiazole rings is 1. The van der Waals surface area contributed by atoms with Crippen LogP contribution in [0.25, 0.3) is 0 Å². The molecule has 0 spiro atoms. The Balaban J connectivity index is 1.51. The van der Waals surface area contributed by atoms with Crippen molar-refractivity contribution in [3.63, 3.8) is 0 Å². The maximum Gasteiger partial charge on any atom is 0.274 e. The minimum Gasteiger partial charge on any atom is -0.332 e. The predicted octanol–water partition coefficient (Wildman–Crippen LogP) is 1.50. The molecule has 4 rings (SSSR count). The van der Waals surface area contributed by atoms with Crippen LogP contribution < -0.4 is 0 Å². The lowest BCUT2D eigenvalue weighted by Crippen LogP contribution is -2.39. The molecule has 0 saturated carbocycles. The molecular formula is C16H19N5O2S. The number of carbonyl (C=O) groups is 2. The molecule has 2 saturated heterocycles. The average molecular weight is 345 g/mol. The van der Waals surface area contributed by atoms with E-state index in [9.17, 15) is 9.59 Å². The smallest absolute Gasteiger partial charge is 0.274 e. The first-order valence-corrected chi connectivity index (χ1v) is 8.94. The van der Waals surface area contributed by atoms with E-state index in [0.29, 0.717) is 25.2 Å². The number of H-pyrrole nitrogens is 1. The van der Waals surface area contributed by atoms with Crippen LogP contribution >= 0.6 is 11.3 Å². The number of carbonyl (C=O) groups excluding carboxylic acids is 2. The Hall–Kier alpha value is -2.22. The Morgan fingerprint density at radius 2 is 2.25 bits per heavy atom. The summed E-state index contributed by atoms with van der Waals surface area (Å²) in [7, 11) is 0. The minimum atomic E-state index is -0.0917. The molecule has 0 aliphatic carbocycles. The van der Waals surface area contributed by atoms with Gasteiger partial charge < -0.3 is 9.80 Å². The summed E-state index contributed by atoms with van der Waals surface area (Å²) in [5.41, 5.74) is 2.21. The van der Waals surface area contributed by atoms with Gasteiger partial charge in [-0.1, -0.05) is 0 Å². The van der Waals surface area contributed by atoms with E-state index in [0.717, 1.165) is 22.8 Å². The van der Waals surface area contributed by atoms with Gasteiger partial charge in [0, 0.05) is 24.0 Å². The zero-order valence-electron chi connectivity index (χ0n) is 13.7. The van der Waals surface area contributed by atoms with Crippen molar-refractivity contribution < 1.29 is 9.59 Å². The van der Waals surface area contributed by atoms with E-state index in [-0.39, 0.29) is 23.9 Å². The SMILES string of the molecule is Cc1cc(C(=O)N2CCC3C2CC(=O)N3Cc2csc(C)n2)n[nH]1. The molecule has 0 aromatic carbocycles. The third kappa shape index (κ3) is 2.50. The first-order valence-electron chi connectivity index (χ1n) is 8.06. The predicted molar refractivity (Wildman–Crippen MR) is 88.6 cm³/mol. The molecule has 2 aromatic heterocycles. The van der Waals surface area contributed by atoms with Crippen LogP contribution in [0.15, 0.2) is 11.4 Å². The van der Waals surface area contributed by atoms with Gasteiger partial charge in [-0.05, 0) is 26.3 Å². The number of amides is 2. The number of aromatic amines is 1. The van der Waals surface area contributed by atoms with Crippen LogP contribution in [0, 0.1) is 13.8 Å². The molecule has 2 atom stereocenters. The summed E-state index contributed by atoms with van der Waals surface area (Å²) >= 11 is 1.59. The van der Waals surface area contributed by atoms with Gasteiger partial charge in [-0.25, -0.2) is 4.98 Å². The Morgan fingerprint density at radius 3 is 2.92 bits per heavy atom. The molecule has 1 N–H and O–H groups in total. The fourth-order valence-corrected chi connectivity index (χ4v) is 4.32. The fraction of sp³-hybridized carbons (Fsp3) is 0.500. The number of nitrogens with zero attached hydrogens (tertiary/aromatic N) is 4. The van der Waals surface area contributed by atoms with Crippen LogP contribution in [0.3, 0.4) is 0 Å². The highest BCUT2D eigenvalue weighted by Gasteiger charge is 2.48. The Kier molecular flexibility index (Phi) is 3.64. The number of hydrogen-bond acceptors (Lipinski definition) is 5. The molecule has 2 aromatic rings. The van der Waals surface area contributed by atoms with Gasteiger partial charge in [-0.3, -0.25) is 14.7 Å². The second kappa shape index (κ2) is 5.70. The highest BCUT2D eigenvalue weighted by molar-refractivity contribution is 7.09. The largest absolute Gasteiger partial charge is 0.332 e. The third-order valence-electron chi connectivity index (χ3n) is 4.80. The van der Waals surface area contributed by atoms with Gasteiger partial charge in [0.25, 0.3) is 5.91 Å². The van der Waals surface area contributed by atoms with Gasteiger partial charge in [-0.15, -0.1) is 11.3 Å². The molecule has 24 heavy (non-hydrogen) atoms. The average Bonchev–Trinajstić information content (AvgIpc) is 3.28. The first kappa shape index (κ1) is 15.3. The van der Waals surface area contributed by atoms with Crippen molar-refractivity contribution >= 4 is 23.2 Å². The van der Waals surface area contributed by atoms with Crippen molar-refractivity contribution in [1.82, 2.24) is 25.0 Å². The lowest BCUT2D eigenvalue weighted by Gasteiger charge is -2.24.